The second-order valence-electron chi connectivity index (χ2n) is 6.30. The van der Waals surface area contributed by atoms with Crippen LogP contribution >= 0.6 is 0 Å². The van der Waals surface area contributed by atoms with Crippen LogP contribution in [-0.2, 0) is 9.84 Å². The van der Waals surface area contributed by atoms with Gasteiger partial charge in [0.2, 0.25) is 0 Å². The average Bonchev–Trinajstić information content (AvgIpc) is 2.78. The highest BCUT2D eigenvalue weighted by Crippen LogP contribution is 2.25. The minimum absolute atomic E-state index is 0.0440. The Morgan fingerprint density at radius 1 is 0.967 bits per heavy atom. The lowest BCUT2D eigenvalue weighted by Gasteiger charge is -2.10. The summed E-state index contributed by atoms with van der Waals surface area (Å²) in [7, 11) is -0.391. The van der Waals surface area contributed by atoms with Crippen molar-refractivity contribution in [3.63, 3.8) is 0 Å². The van der Waals surface area contributed by atoms with Gasteiger partial charge in [-0.2, -0.15) is 0 Å². The van der Waals surface area contributed by atoms with Crippen molar-refractivity contribution in [2.45, 2.75) is 11.9 Å². The van der Waals surface area contributed by atoms with Gasteiger partial charge in [0.05, 0.1) is 25.7 Å². The second kappa shape index (κ2) is 8.91. The van der Waals surface area contributed by atoms with Crippen molar-refractivity contribution in [3.05, 3.63) is 60.2 Å². The van der Waals surface area contributed by atoms with E-state index in [-0.39, 0.29) is 16.7 Å². The molecule has 0 spiro atoms. The molecule has 3 rings (SSSR count). The Labute approximate surface area is 174 Å². The molecule has 1 heterocycles. The quantitative estimate of drug-likeness (QED) is 0.617. The van der Waals surface area contributed by atoms with E-state index in [1.807, 2.05) is 0 Å². The van der Waals surface area contributed by atoms with Gasteiger partial charge in [-0.05, 0) is 36.4 Å². The molecule has 30 heavy (non-hydrogen) atoms. The molecular weight excluding hydrogens is 406 g/mol. The summed E-state index contributed by atoms with van der Waals surface area (Å²) in [5.74, 6) is 0.633. The predicted molar refractivity (Wildman–Crippen MR) is 113 cm³/mol. The van der Waals surface area contributed by atoms with Crippen molar-refractivity contribution in [2.75, 3.05) is 25.3 Å². The number of rotatable bonds is 7. The van der Waals surface area contributed by atoms with Crippen LogP contribution in [-0.4, -0.2) is 44.5 Å². The third-order valence-electron chi connectivity index (χ3n) is 4.37. The van der Waals surface area contributed by atoms with Crippen LogP contribution in [0.4, 0.5) is 5.69 Å². The van der Waals surface area contributed by atoms with E-state index in [4.69, 9.17) is 9.47 Å². The number of anilines is 1. The van der Waals surface area contributed by atoms with Crippen LogP contribution in [0.3, 0.4) is 0 Å². The molecule has 156 valence electrons. The number of benzene rings is 2. The molecule has 0 aliphatic carbocycles. The fourth-order valence-corrected chi connectivity index (χ4v) is 3.42. The van der Waals surface area contributed by atoms with E-state index in [2.05, 4.69) is 15.5 Å². The molecule has 0 bridgehead atoms. The summed E-state index contributed by atoms with van der Waals surface area (Å²) < 4.78 is 34.2. The van der Waals surface area contributed by atoms with Crippen molar-refractivity contribution in [2.24, 2.45) is 0 Å². The van der Waals surface area contributed by atoms with E-state index < -0.39 is 9.84 Å². The summed E-state index contributed by atoms with van der Waals surface area (Å²) in [6, 6.07) is 14.9. The van der Waals surface area contributed by atoms with Gasteiger partial charge in [0, 0.05) is 22.9 Å². The van der Waals surface area contributed by atoms with E-state index in [9.17, 15) is 13.2 Å². The molecular formula is C21H21N3O5S. The van der Waals surface area contributed by atoms with Crippen LogP contribution in [0, 0.1) is 0 Å². The maximum Gasteiger partial charge on any atom is 0.255 e. The largest absolute Gasteiger partial charge is 0.497 e. The van der Waals surface area contributed by atoms with Gasteiger partial charge in [-0.3, -0.25) is 4.79 Å². The van der Waals surface area contributed by atoms with Crippen LogP contribution in [0.2, 0.25) is 0 Å². The van der Waals surface area contributed by atoms with Crippen molar-refractivity contribution >= 4 is 21.4 Å². The lowest BCUT2D eigenvalue weighted by Crippen LogP contribution is -2.12. The van der Waals surface area contributed by atoms with E-state index >= 15 is 0 Å². The number of hydrogen-bond donors (Lipinski definition) is 1. The molecule has 9 heteroatoms. The van der Waals surface area contributed by atoms with Crippen molar-refractivity contribution in [1.29, 1.82) is 0 Å². The third-order valence-corrected chi connectivity index (χ3v) is 5.98. The highest BCUT2D eigenvalue weighted by molar-refractivity contribution is 7.91. The molecule has 1 N–H and O–H groups in total. The Kier molecular flexibility index (Phi) is 6.31. The molecule has 3 aromatic rings. The van der Waals surface area contributed by atoms with E-state index in [0.717, 1.165) is 0 Å². The molecule has 0 saturated carbocycles. The van der Waals surface area contributed by atoms with Crippen LogP contribution in [0.15, 0.2) is 59.6 Å². The summed E-state index contributed by atoms with van der Waals surface area (Å²) >= 11 is 0. The lowest BCUT2D eigenvalue weighted by atomic mass is 10.1. The van der Waals surface area contributed by atoms with Crippen molar-refractivity contribution in [3.8, 4) is 22.8 Å². The zero-order chi connectivity index (χ0) is 21.7. The van der Waals surface area contributed by atoms with E-state index in [1.54, 1.807) is 55.5 Å². The molecule has 1 aromatic heterocycles. The second-order valence-corrected chi connectivity index (χ2v) is 8.52. The molecule has 2 aromatic carbocycles. The smallest absolute Gasteiger partial charge is 0.255 e. The number of ether oxygens (including phenoxy) is 2. The number of aromatic nitrogens is 2. The molecule has 0 aliphatic heterocycles. The van der Waals surface area contributed by atoms with Gasteiger partial charge in [-0.15, -0.1) is 10.2 Å². The lowest BCUT2D eigenvalue weighted by molar-refractivity contribution is 0.102. The van der Waals surface area contributed by atoms with Gasteiger partial charge in [0.25, 0.3) is 5.91 Å². The first kappa shape index (κ1) is 21.3. The molecule has 0 radical (unpaired) electrons. The minimum Gasteiger partial charge on any atom is -0.497 e. The van der Waals surface area contributed by atoms with Gasteiger partial charge < -0.3 is 14.8 Å². The Bertz CT molecular complexity index is 1140. The molecule has 8 nitrogen and oxygen atoms in total. The monoisotopic (exact) mass is 427 g/mol. The first-order chi connectivity index (χ1) is 14.4. The normalized spacial score (nSPS) is 11.0. The van der Waals surface area contributed by atoms with Crippen LogP contribution in [0.1, 0.15) is 17.3 Å². The van der Waals surface area contributed by atoms with Gasteiger partial charge in [-0.25, -0.2) is 8.42 Å². The summed E-state index contributed by atoms with van der Waals surface area (Å²) in [6.45, 7) is 1.55. The number of nitrogens with zero attached hydrogens (tertiary/aromatic N) is 2. The first-order valence-corrected chi connectivity index (χ1v) is 10.7. The summed E-state index contributed by atoms with van der Waals surface area (Å²) in [4.78, 5) is 12.7. The summed E-state index contributed by atoms with van der Waals surface area (Å²) in [6.07, 6.45) is 0. The predicted octanol–water partition coefficient (Wildman–Crippen LogP) is 3.21. The van der Waals surface area contributed by atoms with Crippen LogP contribution in [0.5, 0.6) is 11.5 Å². The number of sulfone groups is 1. The zero-order valence-electron chi connectivity index (χ0n) is 16.7. The Balaban J connectivity index is 1.83. The topological polar surface area (TPSA) is 107 Å². The highest BCUT2D eigenvalue weighted by atomic mass is 32.2. The zero-order valence-corrected chi connectivity index (χ0v) is 17.6. The summed E-state index contributed by atoms with van der Waals surface area (Å²) in [5.41, 5.74) is 2.10. The number of amides is 1. The van der Waals surface area contributed by atoms with Crippen molar-refractivity contribution < 1.29 is 22.7 Å². The van der Waals surface area contributed by atoms with Crippen LogP contribution < -0.4 is 14.8 Å². The Morgan fingerprint density at radius 2 is 1.67 bits per heavy atom. The Morgan fingerprint density at radius 3 is 2.23 bits per heavy atom. The minimum atomic E-state index is -3.41. The van der Waals surface area contributed by atoms with Gasteiger partial charge in [0.15, 0.2) is 14.9 Å². The fourth-order valence-electron chi connectivity index (χ4n) is 2.69. The molecule has 0 saturated heterocycles. The number of carbonyl (C=O) groups excluding carboxylic acids is 1. The summed E-state index contributed by atoms with van der Waals surface area (Å²) in [5, 5.41) is 10.6. The van der Waals surface area contributed by atoms with Crippen LogP contribution in [0.25, 0.3) is 11.3 Å². The number of hydrogen-bond acceptors (Lipinski definition) is 7. The van der Waals surface area contributed by atoms with Gasteiger partial charge in [0.1, 0.15) is 11.5 Å². The van der Waals surface area contributed by atoms with E-state index in [1.165, 1.54) is 20.3 Å². The maximum atomic E-state index is 12.7. The third kappa shape index (κ3) is 4.74. The fraction of sp³-hybridized carbons (Fsp3) is 0.190. The standard InChI is InChI=1S/C21H21N3O5S/c1-4-30(26,27)20-9-8-19(23-24-20)14-6-5-7-16(10-14)22-21(25)15-11-17(28-2)13-18(12-15)29-3/h5-13H,4H2,1-3H3,(H,22,25). The number of carbonyl (C=O) groups is 1. The molecule has 0 atom stereocenters. The van der Waals surface area contributed by atoms with E-state index in [0.29, 0.717) is 34.0 Å². The molecule has 0 aliphatic rings. The molecule has 0 unspecified atom stereocenters. The molecule has 0 fully saturated rings. The number of methoxy groups -OCH3 is 2. The Hall–Kier alpha value is -3.46. The maximum absolute atomic E-state index is 12.7. The van der Waals surface area contributed by atoms with Crippen molar-refractivity contribution in [1.82, 2.24) is 10.2 Å². The number of nitrogens with one attached hydrogen (secondary N) is 1. The molecule has 1 amide bonds. The first-order valence-electron chi connectivity index (χ1n) is 9.07. The van der Waals surface area contributed by atoms with Gasteiger partial charge >= 0.3 is 0 Å². The average molecular weight is 427 g/mol. The highest BCUT2D eigenvalue weighted by Gasteiger charge is 2.15. The van der Waals surface area contributed by atoms with Gasteiger partial charge in [-0.1, -0.05) is 19.1 Å². The SMILES string of the molecule is CCS(=O)(=O)c1ccc(-c2cccc(NC(=O)c3cc(OC)cc(OC)c3)c2)nn1.